The van der Waals surface area contributed by atoms with Crippen molar-refractivity contribution in [3.05, 3.63) is 173 Å². The molecule has 310 valence electrons. The van der Waals surface area contributed by atoms with Gasteiger partial charge in [0.1, 0.15) is 0 Å². The minimum atomic E-state index is -2.38. The normalized spacial score (nSPS) is 16.8. The molecule has 7 aromatic carbocycles. The summed E-state index contributed by atoms with van der Waals surface area (Å²) in [5.74, 6) is 0. The van der Waals surface area contributed by atoms with Gasteiger partial charge in [0, 0.05) is 38.1 Å². The lowest BCUT2D eigenvalue weighted by Crippen LogP contribution is -2.61. The third kappa shape index (κ3) is 6.37. The molecule has 0 fully saturated rings. The van der Waals surface area contributed by atoms with E-state index in [9.17, 15) is 0 Å². The molecular weight excluding hydrogens is 747 g/mol. The Morgan fingerprint density at radius 1 is 0.500 bits per heavy atom. The number of anilines is 6. The van der Waals surface area contributed by atoms with Gasteiger partial charge in [-0.15, -0.1) is 0 Å². The highest BCUT2D eigenvalue weighted by Gasteiger charge is 2.48. The number of benzene rings is 7. The summed E-state index contributed by atoms with van der Waals surface area (Å²) in [6.07, 6.45) is 1.04. The van der Waals surface area contributed by atoms with Gasteiger partial charge >= 0.3 is 0 Å². The molecule has 0 radical (unpaired) electrons. The van der Waals surface area contributed by atoms with E-state index in [-0.39, 0.29) is 28.4 Å². The Morgan fingerprint density at radius 3 is 1.69 bits per heavy atom. The van der Waals surface area contributed by atoms with Crippen LogP contribution in [0.3, 0.4) is 0 Å². The van der Waals surface area contributed by atoms with Crippen molar-refractivity contribution in [3.63, 3.8) is 0 Å². The fraction of sp³-hybridized carbons (Fsp3) is 0.288. The van der Waals surface area contributed by atoms with Crippen molar-refractivity contribution >= 4 is 57.2 Å². The van der Waals surface area contributed by atoms with Gasteiger partial charge < -0.3 is 9.80 Å². The predicted molar refractivity (Wildman–Crippen MR) is 269 cm³/mol. The standard InChI is InChI=1S/C59H61BN2/c1-37-29-53-55-54(30-37)62(50-31-41(24-23-38(50)2)39-19-15-13-16-20-39)51-33-43(57(6,7)8)25-27-47(51)60(55)48-34-45-46(59(11,12)36-58(45,9)10)35-52(48)61(53)49-28-26-42(56(3,4)5)32-44(49)40-21-17-14-18-22-40/h13-35H,36H2,1-12H3/i1D3. The summed E-state index contributed by atoms with van der Waals surface area (Å²) in [4.78, 5) is 4.84. The van der Waals surface area contributed by atoms with Crippen LogP contribution in [0.15, 0.2) is 140 Å². The molecule has 2 heterocycles. The lowest BCUT2D eigenvalue weighted by Gasteiger charge is -2.46. The average Bonchev–Trinajstić information content (AvgIpc) is 3.43. The van der Waals surface area contributed by atoms with Gasteiger partial charge in [-0.2, -0.15) is 0 Å². The van der Waals surface area contributed by atoms with Gasteiger partial charge in [0.05, 0.1) is 5.69 Å². The van der Waals surface area contributed by atoms with Gasteiger partial charge in [0.25, 0.3) is 6.71 Å². The lowest BCUT2D eigenvalue weighted by atomic mass is 9.33. The summed E-state index contributed by atoms with van der Waals surface area (Å²) in [7, 11) is 0. The van der Waals surface area contributed by atoms with E-state index in [4.69, 9.17) is 4.11 Å². The number of nitrogens with zero attached hydrogens (tertiary/aromatic N) is 2. The maximum Gasteiger partial charge on any atom is 0.252 e. The topological polar surface area (TPSA) is 6.48 Å². The molecule has 0 saturated heterocycles. The van der Waals surface area contributed by atoms with E-state index >= 15 is 0 Å². The van der Waals surface area contributed by atoms with Crippen LogP contribution in [0.1, 0.15) is 113 Å². The van der Waals surface area contributed by atoms with Crippen molar-refractivity contribution in [2.75, 3.05) is 9.80 Å². The second-order valence-electron chi connectivity index (χ2n) is 21.7. The smallest absolute Gasteiger partial charge is 0.252 e. The Kier molecular flexibility index (Phi) is 8.23. The van der Waals surface area contributed by atoms with Crippen molar-refractivity contribution < 1.29 is 4.11 Å². The monoisotopic (exact) mass is 812 g/mol. The van der Waals surface area contributed by atoms with Crippen LogP contribution < -0.4 is 26.2 Å². The highest BCUT2D eigenvalue weighted by molar-refractivity contribution is 7.00. The van der Waals surface area contributed by atoms with Crippen molar-refractivity contribution in [1.29, 1.82) is 0 Å². The highest BCUT2D eigenvalue weighted by atomic mass is 15.2. The van der Waals surface area contributed by atoms with Crippen LogP contribution in [-0.4, -0.2) is 6.71 Å². The van der Waals surface area contributed by atoms with Gasteiger partial charge in [-0.1, -0.05) is 166 Å². The molecule has 0 atom stereocenters. The maximum atomic E-state index is 9.13. The Labute approximate surface area is 376 Å². The van der Waals surface area contributed by atoms with E-state index in [0.29, 0.717) is 5.56 Å². The second kappa shape index (κ2) is 13.9. The van der Waals surface area contributed by atoms with E-state index in [1.165, 1.54) is 33.2 Å². The summed E-state index contributed by atoms with van der Waals surface area (Å²) in [6.45, 7) is 22.9. The Bertz CT molecular complexity index is 3040. The Hall–Kier alpha value is -5.80. The summed E-state index contributed by atoms with van der Waals surface area (Å²) < 4.78 is 27.4. The number of hydrogen-bond donors (Lipinski definition) is 0. The second-order valence-corrected chi connectivity index (χ2v) is 21.7. The van der Waals surface area contributed by atoms with Crippen molar-refractivity contribution in [3.8, 4) is 22.3 Å². The van der Waals surface area contributed by atoms with E-state index in [1.54, 1.807) is 0 Å². The van der Waals surface area contributed by atoms with Crippen LogP contribution in [0.25, 0.3) is 22.3 Å². The van der Waals surface area contributed by atoms with Crippen LogP contribution >= 0.6 is 0 Å². The third-order valence-electron chi connectivity index (χ3n) is 14.2. The number of aryl methyl sites for hydroxylation is 2. The Morgan fingerprint density at radius 2 is 1.06 bits per heavy atom. The molecule has 0 saturated carbocycles. The zero-order valence-corrected chi connectivity index (χ0v) is 38.5. The van der Waals surface area contributed by atoms with Gasteiger partial charge in [0.15, 0.2) is 0 Å². The summed E-state index contributed by atoms with van der Waals surface area (Å²) in [5, 5.41) is 0. The third-order valence-corrected chi connectivity index (χ3v) is 14.2. The average molecular weight is 812 g/mol. The molecule has 0 spiro atoms. The van der Waals surface area contributed by atoms with Crippen LogP contribution in [-0.2, 0) is 21.7 Å². The zero-order chi connectivity index (χ0) is 46.2. The van der Waals surface area contributed by atoms with E-state index in [0.717, 1.165) is 73.8 Å². The molecule has 0 N–H and O–H groups in total. The van der Waals surface area contributed by atoms with Crippen molar-refractivity contribution in [2.45, 2.75) is 111 Å². The minimum absolute atomic E-state index is 0.0366. The first-order valence-electron chi connectivity index (χ1n) is 24.0. The molecular formula is C59H61BN2. The molecule has 0 unspecified atom stereocenters. The maximum absolute atomic E-state index is 9.13. The first kappa shape index (κ1) is 36.8. The Balaban J connectivity index is 1.37. The van der Waals surface area contributed by atoms with Crippen LogP contribution in [0.5, 0.6) is 0 Å². The SMILES string of the molecule is [2H]C([2H])([2H])c1cc2c3c(c1)N(c1ccc(C(C)(C)C)cc1-c1ccccc1)c1cc4c(cc1B3c1ccc(C(C)(C)C)cc1N2c1cc(-c2ccccc2)ccc1C)C(C)(C)CC4(C)C. The first-order valence-corrected chi connectivity index (χ1v) is 22.5. The fourth-order valence-electron chi connectivity index (χ4n) is 11.1. The number of fused-ring (bicyclic) bond motifs is 5. The molecule has 0 bridgehead atoms. The predicted octanol–water partition coefficient (Wildman–Crippen LogP) is 14.3. The highest BCUT2D eigenvalue weighted by Crippen LogP contribution is 2.54. The molecule has 1 aliphatic carbocycles. The van der Waals surface area contributed by atoms with Crippen molar-refractivity contribution in [2.24, 2.45) is 0 Å². The molecule has 3 heteroatoms. The summed E-state index contributed by atoms with van der Waals surface area (Å²) in [6, 6.07) is 51.0. The summed E-state index contributed by atoms with van der Waals surface area (Å²) in [5.41, 5.74) is 20.5. The summed E-state index contributed by atoms with van der Waals surface area (Å²) >= 11 is 0. The molecule has 10 rings (SSSR count). The first-order chi connectivity index (χ1) is 30.5. The van der Waals surface area contributed by atoms with Gasteiger partial charge in [-0.25, -0.2) is 0 Å². The largest absolute Gasteiger partial charge is 0.311 e. The molecule has 2 aliphatic heterocycles. The molecule has 0 aromatic heterocycles. The van der Waals surface area contributed by atoms with Gasteiger partial charge in [0.2, 0.25) is 0 Å². The zero-order valence-electron chi connectivity index (χ0n) is 41.5. The van der Waals surface area contributed by atoms with Crippen LogP contribution in [0.2, 0.25) is 0 Å². The van der Waals surface area contributed by atoms with E-state index in [2.05, 4.69) is 213 Å². The molecule has 7 aromatic rings. The van der Waals surface area contributed by atoms with E-state index in [1.807, 2.05) is 12.1 Å². The molecule has 0 amide bonds. The van der Waals surface area contributed by atoms with Gasteiger partial charge in [-0.3, -0.25) is 0 Å². The quantitative estimate of drug-likeness (QED) is 0.163. The molecule has 3 aliphatic rings. The van der Waals surface area contributed by atoms with Gasteiger partial charge in [-0.05, 0) is 151 Å². The van der Waals surface area contributed by atoms with Crippen LogP contribution in [0, 0.1) is 13.8 Å². The van der Waals surface area contributed by atoms with Crippen LogP contribution in [0.4, 0.5) is 34.1 Å². The van der Waals surface area contributed by atoms with Crippen molar-refractivity contribution in [1.82, 2.24) is 0 Å². The fourth-order valence-corrected chi connectivity index (χ4v) is 11.1. The molecule has 62 heavy (non-hydrogen) atoms. The lowest BCUT2D eigenvalue weighted by molar-refractivity contribution is 0.403. The van der Waals surface area contributed by atoms with E-state index < -0.39 is 6.85 Å². The minimum Gasteiger partial charge on any atom is -0.311 e. The number of rotatable bonds is 4. The number of hydrogen-bond acceptors (Lipinski definition) is 2. The molecule has 2 nitrogen and oxygen atoms in total.